The molecule has 0 saturated carbocycles. The lowest BCUT2D eigenvalue weighted by Gasteiger charge is -2.10. The molecule has 0 atom stereocenters. The van der Waals surface area contributed by atoms with Crippen molar-refractivity contribution in [3.05, 3.63) is 59.1 Å². The van der Waals surface area contributed by atoms with Gasteiger partial charge in [-0.2, -0.15) is 10.1 Å². The van der Waals surface area contributed by atoms with Crippen LogP contribution in [0.25, 0.3) is 0 Å². The Morgan fingerprint density at radius 2 is 1.82 bits per heavy atom. The number of hydrazone groups is 1. The van der Waals surface area contributed by atoms with Crippen LogP contribution in [-0.4, -0.2) is 24.5 Å². The molecule has 0 N–H and O–H groups in total. The smallest absolute Gasteiger partial charge is 0.321 e. The van der Waals surface area contributed by atoms with E-state index in [1.54, 1.807) is 48.5 Å². The zero-order chi connectivity index (χ0) is 15.7. The van der Waals surface area contributed by atoms with Crippen LogP contribution in [0, 0.1) is 0 Å². The largest absolute Gasteiger partial charge is 0.497 e. The summed E-state index contributed by atoms with van der Waals surface area (Å²) < 4.78 is 5.12. The molecular weight excluding hydrogens is 304 g/mol. The monoisotopic (exact) mass is 314 g/mol. The molecule has 22 heavy (non-hydrogen) atoms. The first kappa shape index (κ1) is 14.3. The molecule has 1 aliphatic heterocycles. The molecular formula is C16H11ClN2O3. The molecule has 0 spiro atoms. The summed E-state index contributed by atoms with van der Waals surface area (Å²) in [7, 11) is 1.53. The number of hydrogen-bond donors (Lipinski definition) is 0. The van der Waals surface area contributed by atoms with Crippen molar-refractivity contribution in [3.8, 4) is 5.75 Å². The molecule has 0 unspecified atom stereocenters. The number of hydrogen-bond acceptors (Lipinski definition) is 4. The standard InChI is InChI=1S/C16H11ClN2O3/c1-22-13-4-2-3-10(9-13)14-15(20)16(21)19(18-14)12-7-5-11(17)6-8-12/h2-9H,1H3. The van der Waals surface area contributed by atoms with Crippen molar-refractivity contribution in [2.75, 3.05) is 12.1 Å². The molecule has 0 bridgehead atoms. The average Bonchev–Trinajstić information content (AvgIpc) is 2.84. The second-order valence-electron chi connectivity index (χ2n) is 4.60. The van der Waals surface area contributed by atoms with Crippen molar-refractivity contribution in [3.63, 3.8) is 0 Å². The summed E-state index contributed by atoms with van der Waals surface area (Å²) in [6.45, 7) is 0. The average molecular weight is 315 g/mol. The molecule has 0 aliphatic carbocycles. The van der Waals surface area contributed by atoms with E-state index in [1.165, 1.54) is 7.11 Å². The number of rotatable bonds is 3. The second kappa shape index (κ2) is 5.61. The summed E-state index contributed by atoms with van der Waals surface area (Å²) in [6.07, 6.45) is 0. The molecule has 2 aromatic rings. The van der Waals surface area contributed by atoms with Gasteiger partial charge in [0.05, 0.1) is 12.8 Å². The third-order valence-electron chi connectivity index (χ3n) is 3.22. The molecule has 1 aliphatic rings. The van der Waals surface area contributed by atoms with Gasteiger partial charge in [-0.15, -0.1) is 0 Å². The van der Waals surface area contributed by atoms with E-state index in [-0.39, 0.29) is 5.71 Å². The maximum absolute atomic E-state index is 12.2. The van der Waals surface area contributed by atoms with Gasteiger partial charge in [-0.25, -0.2) is 0 Å². The zero-order valence-electron chi connectivity index (χ0n) is 11.6. The number of anilines is 1. The third kappa shape index (κ3) is 2.46. The van der Waals surface area contributed by atoms with E-state index in [2.05, 4.69) is 5.10 Å². The number of nitrogens with zero attached hydrogens (tertiary/aromatic N) is 2. The van der Waals surface area contributed by atoms with E-state index in [9.17, 15) is 9.59 Å². The number of carbonyl (C=O) groups excluding carboxylic acids is 2. The summed E-state index contributed by atoms with van der Waals surface area (Å²) in [5.74, 6) is -0.756. The summed E-state index contributed by atoms with van der Waals surface area (Å²) in [4.78, 5) is 24.3. The lowest BCUT2D eigenvalue weighted by Crippen LogP contribution is -2.27. The first-order valence-corrected chi connectivity index (χ1v) is 6.85. The van der Waals surface area contributed by atoms with Crippen LogP contribution < -0.4 is 9.75 Å². The minimum absolute atomic E-state index is 0.0962. The Hall–Kier alpha value is -2.66. The normalized spacial score (nSPS) is 14.3. The van der Waals surface area contributed by atoms with Gasteiger partial charge < -0.3 is 4.74 Å². The maximum Gasteiger partial charge on any atom is 0.321 e. The Morgan fingerprint density at radius 1 is 1.09 bits per heavy atom. The fourth-order valence-corrected chi connectivity index (χ4v) is 2.23. The van der Waals surface area contributed by atoms with Gasteiger partial charge in [0.2, 0.25) is 0 Å². The van der Waals surface area contributed by atoms with Gasteiger partial charge in [0, 0.05) is 10.6 Å². The van der Waals surface area contributed by atoms with E-state index in [0.717, 1.165) is 5.01 Å². The van der Waals surface area contributed by atoms with Crippen molar-refractivity contribution in [1.29, 1.82) is 0 Å². The van der Waals surface area contributed by atoms with E-state index in [4.69, 9.17) is 16.3 Å². The van der Waals surface area contributed by atoms with Crippen LogP contribution in [0.2, 0.25) is 5.02 Å². The molecule has 0 radical (unpaired) electrons. The van der Waals surface area contributed by atoms with Crippen molar-refractivity contribution in [1.82, 2.24) is 0 Å². The molecule has 1 amide bonds. The van der Waals surface area contributed by atoms with E-state index >= 15 is 0 Å². The molecule has 1 heterocycles. The van der Waals surface area contributed by atoms with Crippen LogP contribution in [0.4, 0.5) is 5.69 Å². The predicted molar refractivity (Wildman–Crippen MR) is 83.5 cm³/mol. The molecule has 110 valence electrons. The molecule has 5 nitrogen and oxygen atoms in total. The van der Waals surface area contributed by atoms with Gasteiger partial charge in [0.1, 0.15) is 11.5 Å². The SMILES string of the molecule is COc1cccc(C2=NN(c3ccc(Cl)cc3)C(=O)C2=O)c1. The quantitative estimate of drug-likeness (QED) is 0.818. The van der Waals surface area contributed by atoms with Gasteiger partial charge in [0.25, 0.3) is 5.78 Å². The second-order valence-corrected chi connectivity index (χ2v) is 5.04. The number of ketones is 1. The first-order valence-electron chi connectivity index (χ1n) is 6.47. The van der Waals surface area contributed by atoms with Gasteiger partial charge in [-0.3, -0.25) is 9.59 Å². The predicted octanol–water partition coefficient (Wildman–Crippen LogP) is 2.67. The van der Waals surface area contributed by atoms with Crippen LogP contribution >= 0.6 is 11.6 Å². The summed E-state index contributed by atoms with van der Waals surface area (Å²) in [5.41, 5.74) is 1.12. The van der Waals surface area contributed by atoms with E-state index in [0.29, 0.717) is 22.0 Å². The Bertz CT molecular complexity index is 784. The highest BCUT2D eigenvalue weighted by atomic mass is 35.5. The van der Waals surface area contributed by atoms with Crippen molar-refractivity contribution in [2.45, 2.75) is 0 Å². The van der Waals surface area contributed by atoms with E-state index in [1.807, 2.05) is 0 Å². The third-order valence-corrected chi connectivity index (χ3v) is 3.47. The van der Waals surface area contributed by atoms with E-state index < -0.39 is 11.7 Å². The fourth-order valence-electron chi connectivity index (χ4n) is 2.10. The maximum atomic E-state index is 12.2. The Labute approximate surface area is 131 Å². The molecule has 0 saturated heterocycles. The van der Waals surface area contributed by atoms with Gasteiger partial charge in [0.15, 0.2) is 0 Å². The lowest BCUT2D eigenvalue weighted by atomic mass is 10.1. The van der Waals surface area contributed by atoms with Crippen molar-refractivity contribution < 1.29 is 14.3 Å². The minimum Gasteiger partial charge on any atom is -0.497 e. The summed E-state index contributed by atoms with van der Waals surface area (Å²) in [6, 6.07) is 13.4. The number of benzene rings is 2. The summed E-state index contributed by atoms with van der Waals surface area (Å²) in [5, 5.41) is 5.77. The highest BCUT2D eigenvalue weighted by Gasteiger charge is 2.35. The zero-order valence-corrected chi connectivity index (χ0v) is 12.4. The fraction of sp³-hybridized carbons (Fsp3) is 0.0625. The number of amides is 1. The van der Waals surface area contributed by atoms with Crippen LogP contribution in [0.15, 0.2) is 53.6 Å². The van der Waals surface area contributed by atoms with Gasteiger partial charge >= 0.3 is 5.91 Å². The van der Waals surface area contributed by atoms with Crippen molar-refractivity contribution >= 4 is 34.7 Å². The highest BCUT2D eigenvalue weighted by molar-refractivity contribution is 6.72. The van der Waals surface area contributed by atoms with Crippen LogP contribution in [-0.2, 0) is 9.59 Å². The molecule has 2 aromatic carbocycles. The number of ether oxygens (including phenoxy) is 1. The van der Waals surface area contributed by atoms with Gasteiger partial charge in [-0.1, -0.05) is 23.7 Å². The minimum atomic E-state index is -0.694. The molecule has 0 aromatic heterocycles. The lowest BCUT2D eigenvalue weighted by molar-refractivity contribution is -0.131. The van der Waals surface area contributed by atoms with Crippen LogP contribution in [0.3, 0.4) is 0 Å². The Balaban J connectivity index is 2.01. The molecule has 6 heteroatoms. The number of Topliss-reactive ketones (excluding diaryl/α,β-unsaturated/α-hetero) is 1. The topological polar surface area (TPSA) is 59.0 Å². The van der Waals surface area contributed by atoms with Crippen molar-refractivity contribution in [2.24, 2.45) is 5.10 Å². The van der Waals surface area contributed by atoms with Crippen LogP contribution in [0.5, 0.6) is 5.75 Å². The Kier molecular flexibility index (Phi) is 3.65. The molecule has 0 fully saturated rings. The number of carbonyl (C=O) groups is 2. The van der Waals surface area contributed by atoms with Crippen LogP contribution in [0.1, 0.15) is 5.56 Å². The highest BCUT2D eigenvalue weighted by Crippen LogP contribution is 2.24. The number of methoxy groups -OCH3 is 1. The number of halogens is 1. The Morgan fingerprint density at radius 3 is 2.50 bits per heavy atom. The first-order chi connectivity index (χ1) is 10.6. The van der Waals surface area contributed by atoms with Gasteiger partial charge in [-0.05, 0) is 36.4 Å². The summed E-state index contributed by atoms with van der Waals surface area (Å²) >= 11 is 5.82. The molecule has 3 rings (SSSR count).